The van der Waals surface area contributed by atoms with Crippen LogP contribution in [0.15, 0.2) is 40.2 Å². The van der Waals surface area contributed by atoms with Gasteiger partial charge in [-0.05, 0) is 36.2 Å². The monoisotopic (exact) mass is 467 g/mol. The van der Waals surface area contributed by atoms with Gasteiger partial charge in [-0.1, -0.05) is 23.9 Å². The first-order valence-electron chi connectivity index (χ1n) is 9.15. The van der Waals surface area contributed by atoms with Crippen molar-refractivity contribution in [3.8, 4) is 21.1 Å². The molecule has 0 aliphatic carbocycles. The molecule has 6 nitrogen and oxygen atoms in total. The molecular weight excluding hydrogens is 446 g/mol. The Labute approximate surface area is 182 Å². The number of amides is 1. The molecule has 4 heterocycles. The number of rotatable bonds is 6. The number of carbonyl (C=O) groups excluding carboxylic acids is 1. The molecule has 0 spiro atoms. The van der Waals surface area contributed by atoms with Gasteiger partial charge in [0, 0.05) is 13.1 Å². The lowest BCUT2D eigenvalue weighted by Gasteiger charge is -2.25. The molecule has 1 aliphatic rings. The average Bonchev–Trinajstić information content (AvgIpc) is 3.45. The molecular formula is C19H21N3O3S4. The second-order valence-corrected chi connectivity index (χ2v) is 12.4. The summed E-state index contributed by atoms with van der Waals surface area (Å²) in [5.41, 5.74) is 1.85. The van der Waals surface area contributed by atoms with Crippen LogP contribution in [0.2, 0.25) is 0 Å². The summed E-state index contributed by atoms with van der Waals surface area (Å²) in [6.45, 7) is 1.84. The zero-order chi connectivity index (χ0) is 20.6. The molecule has 29 heavy (non-hydrogen) atoms. The SMILES string of the molecule is CC(Sc1nc(-c2cccs2)c(-c2cccs2)[nH]1)C(=O)N(C)C1CCS(=O)(=O)C1. The van der Waals surface area contributed by atoms with Gasteiger partial charge in [-0.3, -0.25) is 4.79 Å². The van der Waals surface area contributed by atoms with E-state index >= 15 is 0 Å². The largest absolute Gasteiger partial charge is 0.341 e. The Morgan fingerprint density at radius 3 is 2.55 bits per heavy atom. The average molecular weight is 468 g/mol. The minimum atomic E-state index is -3.03. The van der Waals surface area contributed by atoms with Gasteiger partial charge >= 0.3 is 0 Å². The van der Waals surface area contributed by atoms with Crippen LogP contribution >= 0.6 is 34.4 Å². The highest BCUT2D eigenvalue weighted by Crippen LogP contribution is 2.37. The van der Waals surface area contributed by atoms with Crippen molar-refractivity contribution in [3.63, 3.8) is 0 Å². The van der Waals surface area contributed by atoms with Crippen LogP contribution in [0.5, 0.6) is 0 Å². The second-order valence-electron chi connectivity index (χ2n) is 6.99. The van der Waals surface area contributed by atoms with E-state index in [1.54, 1.807) is 34.6 Å². The maximum absolute atomic E-state index is 12.9. The molecule has 154 valence electrons. The number of thioether (sulfide) groups is 1. The molecule has 1 aliphatic heterocycles. The number of nitrogens with zero attached hydrogens (tertiary/aromatic N) is 2. The van der Waals surface area contributed by atoms with E-state index in [-0.39, 0.29) is 28.7 Å². The van der Waals surface area contributed by atoms with Gasteiger partial charge in [-0.25, -0.2) is 13.4 Å². The first kappa shape index (κ1) is 20.6. The Kier molecular flexibility index (Phi) is 5.87. The third kappa shape index (κ3) is 4.45. The summed E-state index contributed by atoms with van der Waals surface area (Å²) < 4.78 is 23.5. The van der Waals surface area contributed by atoms with Crippen molar-refractivity contribution in [3.05, 3.63) is 35.0 Å². The molecule has 3 aromatic rings. The van der Waals surface area contributed by atoms with Crippen molar-refractivity contribution >= 4 is 50.2 Å². The van der Waals surface area contributed by atoms with Crippen molar-refractivity contribution < 1.29 is 13.2 Å². The standard InChI is InChI=1S/C19H21N3O3S4/c1-12(18(23)22(2)13-7-10-29(24,25)11-13)28-19-20-16(14-5-3-8-26-14)17(21-19)15-6-4-9-27-15/h3-6,8-9,12-13H,7,10-11H2,1-2H3,(H,20,21). The highest BCUT2D eigenvalue weighted by Gasteiger charge is 2.34. The van der Waals surface area contributed by atoms with Gasteiger partial charge < -0.3 is 9.88 Å². The van der Waals surface area contributed by atoms with Crippen molar-refractivity contribution in [2.45, 2.75) is 29.8 Å². The van der Waals surface area contributed by atoms with Gasteiger partial charge in [0.15, 0.2) is 15.0 Å². The lowest BCUT2D eigenvalue weighted by Crippen LogP contribution is -2.41. The molecule has 2 atom stereocenters. The molecule has 0 bridgehead atoms. The number of aromatic nitrogens is 2. The van der Waals surface area contributed by atoms with Gasteiger partial charge in [0.25, 0.3) is 0 Å². The van der Waals surface area contributed by atoms with E-state index in [4.69, 9.17) is 4.98 Å². The predicted octanol–water partition coefficient (Wildman–Crippen LogP) is 3.99. The number of carbonyl (C=O) groups is 1. The number of thiophene rings is 2. The number of H-pyrrole nitrogens is 1. The van der Waals surface area contributed by atoms with Crippen LogP contribution in [0.25, 0.3) is 21.1 Å². The third-order valence-corrected chi connectivity index (χ3v) is 9.43. The fourth-order valence-corrected chi connectivity index (χ4v) is 7.49. The van der Waals surface area contributed by atoms with E-state index < -0.39 is 9.84 Å². The van der Waals surface area contributed by atoms with Crippen molar-refractivity contribution in [2.24, 2.45) is 0 Å². The van der Waals surface area contributed by atoms with Crippen LogP contribution in [0.1, 0.15) is 13.3 Å². The number of nitrogens with one attached hydrogen (secondary N) is 1. The summed E-state index contributed by atoms with van der Waals surface area (Å²) >= 11 is 4.64. The number of imidazole rings is 1. The molecule has 1 fully saturated rings. The van der Waals surface area contributed by atoms with Crippen LogP contribution in [0, 0.1) is 0 Å². The summed E-state index contributed by atoms with van der Waals surface area (Å²) in [7, 11) is -1.33. The van der Waals surface area contributed by atoms with Gasteiger partial charge in [0.2, 0.25) is 5.91 Å². The van der Waals surface area contributed by atoms with Crippen LogP contribution in [-0.4, -0.2) is 59.0 Å². The Hall–Kier alpha value is -1.62. The molecule has 0 radical (unpaired) electrons. The molecule has 1 N–H and O–H groups in total. The minimum Gasteiger partial charge on any atom is -0.341 e. The van der Waals surface area contributed by atoms with Gasteiger partial charge in [0.1, 0.15) is 5.69 Å². The Morgan fingerprint density at radius 1 is 1.28 bits per heavy atom. The molecule has 4 rings (SSSR count). The van der Waals surface area contributed by atoms with E-state index in [0.29, 0.717) is 11.6 Å². The third-order valence-electron chi connectivity index (χ3n) is 4.94. The summed E-state index contributed by atoms with van der Waals surface area (Å²) in [6.07, 6.45) is 0.508. The quantitative estimate of drug-likeness (QED) is 0.554. The Bertz CT molecular complexity index is 1040. The van der Waals surface area contributed by atoms with E-state index in [2.05, 4.69) is 4.98 Å². The van der Waals surface area contributed by atoms with E-state index in [0.717, 1.165) is 21.1 Å². The van der Waals surface area contributed by atoms with E-state index in [1.807, 2.05) is 41.9 Å². The Balaban J connectivity index is 1.53. The maximum atomic E-state index is 12.9. The molecule has 1 amide bonds. The fourth-order valence-electron chi connectivity index (χ4n) is 3.36. The van der Waals surface area contributed by atoms with Crippen LogP contribution < -0.4 is 0 Å². The number of sulfone groups is 1. The van der Waals surface area contributed by atoms with Crippen molar-refractivity contribution in [1.29, 1.82) is 0 Å². The zero-order valence-corrected chi connectivity index (χ0v) is 19.3. The van der Waals surface area contributed by atoms with Gasteiger partial charge in [-0.15, -0.1) is 22.7 Å². The predicted molar refractivity (Wildman–Crippen MR) is 120 cm³/mol. The topological polar surface area (TPSA) is 83.1 Å². The number of hydrogen-bond acceptors (Lipinski definition) is 7. The summed E-state index contributed by atoms with van der Waals surface area (Å²) in [5.74, 6) is 0.130. The zero-order valence-electron chi connectivity index (χ0n) is 16.0. The fraction of sp³-hybridized carbons (Fsp3) is 0.368. The van der Waals surface area contributed by atoms with Crippen LogP contribution in [-0.2, 0) is 14.6 Å². The smallest absolute Gasteiger partial charge is 0.235 e. The highest BCUT2D eigenvalue weighted by atomic mass is 32.2. The molecule has 3 aromatic heterocycles. The second kappa shape index (κ2) is 8.25. The summed E-state index contributed by atoms with van der Waals surface area (Å²) in [4.78, 5) is 24.8. The van der Waals surface area contributed by atoms with E-state index in [9.17, 15) is 13.2 Å². The minimum absolute atomic E-state index is 0.0540. The lowest BCUT2D eigenvalue weighted by atomic mass is 10.2. The highest BCUT2D eigenvalue weighted by molar-refractivity contribution is 8.00. The number of aromatic amines is 1. The summed E-state index contributed by atoms with van der Waals surface area (Å²) in [5, 5.41) is 4.36. The van der Waals surface area contributed by atoms with Gasteiger partial charge in [-0.2, -0.15) is 0 Å². The van der Waals surface area contributed by atoms with Crippen molar-refractivity contribution in [1.82, 2.24) is 14.9 Å². The lowest BCUT2D eigenvalue weighted by molar-refractivity contribution is -0.130. The van der Waals surface area contributed by atoms with Crippen LogP contribution in [0.3, 0.4) is 0 Å². The molecule has 10 heteroatoms. The first-order valence-corrected chi connectivity index (χ1v) is 13.6. The Morgan fingerprint density at radius 2 is 1.97 bits per heavy atom. The molecule has 0 saturated carbocycles. The normalized spacial score (nSPS) is 19.3. The molecule has 0 aromatic carbocycles. The van der Waals surface area contributed by atoms with Crippen LogP contribution in [0.4, 0.5) is 0 Å². The first-order chi connectivity index (χ1) is 13.8. The molecule has 2 unspecified atom stereocenters. The van der Waals surface area contributed by atoms with E-state index in [1.165, 1.54) is 11.8 Å². The van der Waals surface area contributed by atoms with Crippen molar-refractivity contribution in [2.75, 3.05) is 18.6 Å². The van der Waals surface area contributed by atoms with Gasteiger partial charge in [0.05, 0.1) is 32.2 Å². The summed E-state index contributed by atoms with van der Waals surface area (Å²) in [6, 6.07) is 7.84. The number of hydrogen-bond donors (Lipinski definition) is 1. The maximum Gasteiger partial charge on any atom is 0.235 e. The molecule has 1 saturated heterocycles.